The molecule has 1 N–H and O–H groups in total. The molecule has 154 valence electrons. The van der Waals surface area contributed by atoms with Gasteiger partial charge in [0.25, 0.3) is 0 Å². The van der Waals surface area contributed by atoms with Crippen molar-refractivity contribution in [3.05, 3.63) is 59.7 Å². The minimum absolute atomic E-state index is 0.00113. The second-order valence-corrected chi connectivity index (χ2v) is 8.56. The van der Waals surface area contributed by atoms with Crippen LogP contribution in [0, 0.1) is 17.6 Å². The molecule has 0 bridgehead atoms. The van der Waals surface area contributed by atoms with E-state index in [1.807, 2.05) is 23.3 Å². The fourth-order valence-corrected chi connectivity index (χ4v) is 4.87. The van der Waals surface area contributed by atoms with Crippen LogP contribution in [0.1, 0.15) is 37.2 Å². The van der Waals surface area contributed by atoms with Gasteiger partial charge in [0, 0.05) is 25.0 Å². The van der Waals surface area contributed by atoms with E-state index < -0.39 is 11.6 Å². The summed E-state index contributed by atoms with van der Waals surface area (Å²) in [6.07, 6.45) is 5.94. The summed E-state index contributed by atoms with van der Waals surface area (Å²) >= 11 is 1.57. The zero-order chi connectivity index (χ0) is 20.4. The Morgan fingerprint density at radius 1 is 1.14 bits per heavy atom. The van der Waals surface area contributed by atoms with Gasteiger partial charge in [-0.25, -0.2) is 8.78 Å². The monoisotopic (exact) mass is 416 g/mol. The third-order valence-corrected chi connectivity index (χ3v) is 6.53. The molecule has 1 amide bonds. The summed E-state index contributed by atoms with van der Waals surface area (Å²) < 4.78 is 32.1. The summed E-state index contributed by atoms with van der Waals surface area (Å²) in [5, 5.41) is 0. The van der Waals surface area contributed by atoms with Crippen LogP contribution in [0.15, 0.2) is 42.5 Å². The van der Waals surface area contributed by atoms with Gasteiger partial charge in [-0.15, -0.1) is 0 Å². The van der Waals surface area contributed by atoms with Crippen LogP contribution < -0.4 is 4.72 Å². The Labute approximate surface area is 175 Å². The number of piperidine rings is 1. The Bertz CT molecular complexity index is 871. The summed E-state index contributed by atoms with van der Waals surface area (Å²) in [5.41, 5.74) is 1.43. The molecular weight excluding hydrogens is 390 g/mol. The highest BCUT2D eigenvalue weighted by Crippen LogP contribution is 2.52. The first kappa shape index (κ1) is 20.4. The van der Waals surface area contributed by atoms with Crippen LogP contribution in [0.5, 0.6) is 0 Å². The summed E-state index contributed by atoms with van der Waals surface area (Å²) in [5.74, 6) is -1.03. The maximum Gasteiger partial charge on any atom is 0.226 e. The number of nitrogens with zero attached hydrogens (tertiary/aromatic N) is 1. The molecule has 2 aliphatic rings. The number of benzene rings is 2. The van der Waals surface area contributed by atoms with E-state index in [2.05, 4.69) is 4.72 Å². The maximum absolute atomic E-state index is 14.4. The predicted octanol–water partition coefficient (Wildman–Crippen LogP) is 4.98. The van der Waals surface area contributed by atoms with Crippen LogP contribution in [0.25, 0.3) is 11.1 Å². The lowest BCUT2D eigenvalue weighted by Gasteiger charge is -2.36. The minimum atomic E-state index is -0.569. The van der Waals surface area contributed by atoms with Gasteiger partial charge in [0.1, 0.15) is 11.6 Å². The van der Waals surface area contributed by atoms with Crippen molar-refractivity contribution in [3.63, 3.8) is 0 Å². The second kappa shape index (κ2) is 8.84. The lowest BCUT2D eigenvalue weighted by atomic mass is 9.94. The molecule has 1 aliphatic heterocycles. The number of halogens is 2. The van der Waals surface area contributed by atoms with Crippen molar-refractivity contribution in [3.8, 4) is 11.1 Å². The topological polar surface area (TPSA) is 32.3 Å². The van der Waals surface area contributed by atoms with Gasteiger partial charge in [0.15, 0.2) is 0 Å². The largest absolute Gasteiger partial charge is 0.338 e. The van der Waals surface area contributed by atoms with Gasteiger partial charge < -0.3 is 4.90 Å². The van der Waals surface area contributed by atoms with E-state index in [4.69, 9.17) is 0 Å². The molecule has 1 saturated carbocycles. The molecular formula is C23H26F2N2OS. The van der Waals surface area contributed by atoms with Crippen LogP contribution >= 0.6 is 11.9 Å². The fourth-order valence-electron chi connectivity index (χ4n) is 4.51. The van der Waals surface area contributed by atoms with E-state index in [-0.39, 0.29) is 29.3 Å². The van der Waals surface area contributed by atoms with Gasteiger partial charge in [-0.2, -0.15) is 0 Å². The smallest absolute Gasteiger partial charge is 0.226 e. The van der Waals surface area contributed by atoms with Crippen molar-refractivity contribution in [2.45, 2.75) is 37.6 Å². The maximum atomic E-state index is 14.4. The van der Waals surface area contributed by atoms with Crippen molar-refractivity contribution >= 4 is 17.9 Å². The number of carbonyl (C=O) groups is 1. The van der Waals surface area contributed by atoms with Crippen LogP contribution in [0.4, 0.5) is 8.78 Å². The molecule has 0 aromatic heterocycles. The molecule has 3 atom stereocenters. The van der Waals surface area contributed by atoms with E-state index in [0.717, 1.165) is 44.3 Å². The Hall–Kier alpha value is -1.92. The quantitative estimate of drug-likeness (QED) is 0.674. The molecule has 1 aliphatic carbocycles. The van der Waals surface area contributed by atoms with E-state index in [9.17, 15) is 13.6 Å². The van der Waals surface area contributed by atoms with Gasteiger partial charge in [0.05, 0.1) is 5.56 Å². The first-order chi connectivity index (χ1) is 14.1. The normalized spacial score (nSPS) is 23.8. The van der Waals surface area contributed by atoms with Crippen LogP contribution in [0.2, 0.25) is 0 Å². The second-order valence-electron chi connectivity index (χ2n) is 7.87. The Balaban J connectivity index is 1.56. The predicted molar refractivity (Wildman–Crippen MR) is 114 cm³/mol. The number of carbonyl (C=O) groups excluding carboxylic acids is 1. The number of rotatable bonds is 6. The third-order valence-electron chi connectivity index (χ3n) is 6.07. The first-order valence-electron chi connectivity index (χ1n) is 10.2. The van der Waals surface area contributed by atoms with Crippen molar-refractivity contribution in [2.24, 2.45) is 5.92 Å². The number of nitrogens with one attached hydrogen (secondary N) is 1. The average molecular weight is 417 g/mol. The lowest BCUT2D eigenvalue weighted by molar-refractivity contribution is -0.136. The SMILES string of the molecule is CSNCC1CCCCN1C(=O)C1CC1c1ccccc1-c1c(F)cccc1F. The molecule has 2 aromatic carbocycles. The molecule has 3 nitrogen and oxygen atoms in total. The molecule has 29 heavy (non-hydrogen) atoms. The number of hydrogen-bond acceptors (Lipinski definition) is 3. The standard InChI is InChI=1S/C23H26F2N2OS/c1-29-26-14-15-7-4-5-12-27(15)23(28)19-13-18(19)16-8-2-3-9-17(16)22-20(24)10-6-11-21(22)25/h2-3,6,8-11,15,18-19,26H,4-5,7,12-14H2,1H3. The molecule has 6 heteroatoms. The minimum Gasteiger partial charge on any atom is -0.338 e. The summed E-state index contributed by atoms with van der Waals surface area (Å²) in [4.78, 5) is 15.3. The van der Waals surface area contributed by atoms with Gasteiger partial charge >= 0.3 is 0 Å². The lowest BCUT2D eigenvalue weighted by Crippen LogP contribution is -2.48. The number of amides is 1. The van der Waals surface area contributed by atoms with Gasteiger partial charge in [-0.3, -0.25) is 9.52 Å². The highest BCUT2D eigenvalue weighted by Gasteiger charge is 2.48. The molecule has 2 fully saturated rings. The van der Waals surface area contributed by atoms with E-state index in [1.165, 1.54) is 18.2 Å². The van der Waals surface area contributed by atoms with Crippen molar-refractivity contribution in [1.29, 1.82) is 0 Å². The number of likely N-dealkylation sites (tertiary alicyclic amines) is 1. The Kier molecular flexibility index (Phi) is 6.20. The first-order valence-corrected chi connectivity index (χ1v) is 11.4. The highest BCUT2D eigenvalue weighted by molar-refractivity contribution is 7.96. The molecule has 4 rings (SSSR count). The van der Waals surface area contributed by atoms with Gasteiger partial charge in [-0.05, 0) is 61.1 Å². The zero-order valence-corrected chi connectivity index (χ0v) is 17.4. The molecule has 1 saturated heterocycles. The van der Waals surface area contributed by atoms with Gasteiger partial charge in [-0.1, -0.05) is 42.3 Å². The summed E-state index contributed by atoms with van der Waals surface area (Å²) in [6.45, 7) is 1.59. The number of hydrogen-bond donors (Lipinski definition) is 1. The summed E-state index contributed by atoms with van der Waals surface area (Å²) in [6, 6.07) is 11.5. The fraction of sp³-hybridized carbons (Fsp3) is 0.435. The van der Waals surface area contributed by atoms with E-state index in [0.29, 0.717) is 5.56 Å². The molecule has 3 unspecified atom stereocenters. The summed E-state index contributed by atoms with van der Waals surface area (Å²) in [7, 11) is 0. The van der Waals surface area contributed by atoms with E-state index >= 15 is 0 Å². The van der Waals surface area contributed by atoms with Crippen molar-refractivity contribution in [1.82, 2.24) is 9.62 Å². The average Bonchev–Trinajstić information content (AvgIpc) is 3.53. The van der Waals surface area contributed by atoms with Gasteiger partial charge in [0.2, 0.25) is 5.91 Å². The molecule has 2 aromatic rings. The van der Waals surface area contributed by atoms with Crippen LogP contribution in [-0.4, -0.2) is 36.2 Å². The van der Waals surface area contributed by atoms with Crippen molar-refractivity contribution < 1.29 is 13.6 Å². The molecule has 0 spiro atoms. The Morgan fingerprint density at radius 2 is 1.90 bits per heavy atom. The zero-order valence-electron chi connectivity index (χ0n) is 16.5. The Morgan fingerprint density at radius 3 is 2.66 bits per heavy atom. The van der Waals surface area contributed by atoms with E-state index in [1.54, 1.807) is 24.1 Å². The van der Waals surface area contributed by atoms with Crippen LogP contribution in [0.3, 0.4) is 0 Å². The third kappa shape index (κ3) is 4.19. The van der Waals surface area contributed by atoms with Crippen molar-refractivity contribution in [2.75, 3.05) is 19.3 Å². The molecule has 0 radical (unpaired) electrons. The highest BCUT2D eigenvalue weighted by atomic mass is 32.2. The van der Waals surface area contributed by atoms with Crippen LogP contribution in [-0.2, 0) is 4.79 Å². The molecule has 1 heterocycles.